The molecule has 3 aromatic rings. The molecule has 0 aliphatic heterocycles. The molecule has 1 amide bonds. The number of thiazole rings is 1. The minimum atomic E-state index is -2.88. The minimum absolute atomic E-state index is 0.0486. The predicted molar refractivity (Wildman–Crippen MR) is 91.7 cm³/mol. The number of aromatic amines is 1. The molecule has 0 radical (unpaired) electrons. The number of benzene rings is 1. The van der Waals surface area contributed by atoms with Gasteiger partial charge in [-0.2, -0.15) is 13.9 Å². The third-order valence-electron chi connectivity index (χ3n) is 3.28. The number of halogens is 2. The second-order valence-corrected chi connectivity index (χ2v) is 6.29. The van der Waals surface area contributed by atoms with Crippen LogP contribution in [0.4, 0.5) is 13.9 Å². The van der Waals surface area contributed by atoms with E-state index in [4.69, 9.17) is 0 Å². The molecule has 3 rings (SSSR count). The number of hydrogen-bond donors (Lipinski definition) is 2. The monoisotopic (exact) mass is 378 g/mol. The molecule has 2 N–H and O–H groups in total. The summed E-state index contributed by atoms with van der Waals surface area (Å²) < 4.78 is 28.7. The van der Waals surface area contributed by atoms with Crippen molar-refractivity contribution in [2.45, 2.75) is 13.5 Å². The standard InChI is InChI=1S/C16H12F2N4O3S/c1-8-13(9-2-4-10(5-3-9)25-15(17)18)19-16(26-8)20-14(24)11-6-7-12(23)22-21-11/h2-7,15H,1H3,(H,22,23)(H,19,20,24). The molecule has 0 unspecified atom stereocenters. The van der Waals surface area contributed by atoms with E-state index in [0.717, 1.165) is 4.88 Å². The maximum absolute atomic E-state index is 12.2. The van der Waals surface area contributed by atoms with Crippen molar-refractivity contribution in [3.05, 3.63) is 57.3 Å². The van der Waals surface area contributed by atoms with Crippen LogP contribution in [-0.4, -0.2) is 27.7 Å². The van der Waals surface area contributed by atoms with Gasteiger partial charge in [-0.1, -0.05) is 0 Å². The summed E-state index contributed by atoms with van der Waals surface area (Å²) in [7, 11) is 0. The van der Waals surface area contributed by atoms with Crippen molar-refractivity contribution >= 4 is 22.4 Å². The number of anilines is 1. The van der Waals surface area contributed by atoms with Gasteiger partial charge in [-0.3, -0.25) is 14.9 Å². The lowest BCUT2D eigenvalue weighted by molar-refractivity contribution is -0.0498. The van der Waals surface area contributed by atoms with Gasteiger partial charge in [0.2, 0.25) is 0 Å². The highest BCUT2D eigenvalue weighted by Gasteiger charge is 2.14. The molecule has 0 aliphatic rings. The lowest BCUT2D eigenvalue weighted by atomic mass is 10.1. The largest absolute Gasteiger partial charge is 0.435 e. The number of ether oxygens (including phenoxy) is 1. The molecule has 0 saturated carbocycles. The highest BCUT2D eigenvalue weighted by Crippen LogP contribution is 2.31. The van der Waals surface area contributed by atoms with Crippen LogP contribution in [0.5, 0.6) is 5.75 Å². The molecule has 0 bridgehead atoms. The van der Waals surface area contributed by atoms with E-state index in [0.29, 0.717) is 16.4 Å². The van der Waals surface area contributed by atoms with Crippen molar-refractivity contribution in [2.75, 3.05) is 5.32 Å². The molecule has 10 heteroatoms. The molecular formula is C16H12F2N4O3S. The summed E-state index contributed by atoms with van der Waals surface area (Å²) in [6.07, 6.45) is 0. The van der Waals surface area contributed by atoms with Crippen LogP contribution in [-0.2, 0) is 0 Å². The number of rotatable bonds is 5. The summed E-state index contributed by atoms with van der Waals surface area (Å²) in [5, 5.41) is 8.78. The Labute approximate surface area is 149 Å². The van der Waals surface area contributed by atoms with Gasteiger partial charge in [-0.05, 0) is 37.3 Å². The molecule has 0 atom stereocenters. The van der Waals surface area contributed by atoms with Gasteiger partial charge in [-0.25, -0.2) is 10.1 Å². The summed E-state index contributed by atoms with van der Waals surface area (Å²) in [6.45, 7) is -1.06. The van der Waals surface area contributed by atoms with Gasteiger partial charge in [0.05, 0.1) is 5.69 Å². The molecule has 0 saturated heterocycles. The van der Waals surface area contributed by atoms with Crippen molar-refractivity contribution in [3.8, 4) is 17.0 Å². The van der Waals surface area contributed by atoms with Crippen molar-refractivity contribution in [2.24, 2.45) is 0 Å². The van der Waals surface area contributed by atoms with Crippen LogP contribution in [0.15, 0.2) is 41.2 Å². The van der Waals surface area contributed by atoms with Gasteiger partial charge < -0.3 is 4.74 Å². The molecule has 2 heterocycles. The first-order valence-electron chi connectivity index (χ1n) is 7.32. The first kappa shape index (κ1) is 17.7. The van der Waals surface area contributed by atoms with Crippen LogP contribution >= 0.6 is 11.3 Å². The number of amides is 1. The molecule has 2 aromatic heterocycles. The Morgan fingerprint density at radius 1 is 1.23 bits per heavy atom. The Hall–Kier alpha value is -3.14. The van der Waals surface area contributed by atoms with Gasteiger partial charge in [0, 0.05) is 16.5 Å². The van der Waals surface area contributed by atoms with E-state index in [1.54, 1.807) is 12.1 Å². The number of carbonyl (C=O) groups is 1. The third kappa shape index (κ3) is 4.09. The van der Waals surface area contributed by atoms with E-state index >= 15 is 0 Å². The second kappa shape index (κ2) is 7.40. The zero-order valence-corrected chi connectivity index (χ0v) is 14.1. The summed E-state index contributed by atoms with van der Waals surface area (Å²) in [4.78, 5) is 28.3. The normalized spacial score (nSPS) is 10.8. The number of aryl methyl sites for hydroxylation is 1. The fourth-order valence-corrected chi connectivity index (χ4v) is 2.97. The summed E-state index contributed by atoms with van der Waals surface area (Å²) in [6, 6.07) is 8.55. The van der Waals surface area contributed by atoms with Crippen molar-refractivity contribution in [1.29, 1.82) is 0 Å². The van der Waals surface area contributed by atoms with Crippen LogP contribution in [0.1, 0.15) is 15.4 Å². The Morgan fingerprint density at radius 2 is 1.96 bits per heavy atom. The quantitative estimate of drug-likeness (QED) is 0.711. The van der Waals surface area contributed by atoms with Gasteiger partial charge in [-0.15, -0.1) is 11.3 Å². The maximum atomic E-state index is 12.2. The van der Waals surface area contributed by atoms with Crippen molar-refractivity contribution < 1.29 is 18.3 Å². The Kier molecular flexibility index (Phi) is 5.03. The number of carbonyl (C=O) groups excluding carboxylic acids is 1. The average molecular weight is 378 g/mol. The van der Waals surface area contributed by atoms with Crippen molar-refractivity contribution in [3.63, 3.8) is 0 Å². The minimum Gasteiger partial charge on any atom is -0.435 e. The lowest BCUT2D eigenvalue weighted by Gasteiger charge is -2.05. The molecule has 134 valence electrons. The first-order chi connectivity index (χ1) is 12.4. The highest BCUT2D eigenvalue weighted by molar-refractivity contribution is 7.16. The van der Waals surface area contributed by atoms with Gasteiger partial charge in [0.1, 0.15) is 11.4 Å². The molecule has 7 nitrogen and oxygen atoms in total. The van der Waals surface area contributed by atoms with Gasteiger partial charge >= 0.3 is 6.61 Å². The second-order valence-electron chi connectivity index (χ2n) is 5.09. The predicted octanol–water partition coefficient (Wildman–Crippen LogP) is 3.06. The number of hydrogen-bond acceptors (Lipinski definition) is 6. The Bertz CT molecular complexity index is 965. The van der Waals surface area contributed by atoms with E-state index in [1.807, 2.05) is 6.92 Å². The number of aromatic nitrogens is 3. The van der Waals surface area contributed by atoms with Gasteiger partial charge in [0.15, 0.2) is 5.13 Å². The fourth-order valence-electron chi connectivity index (χ4n) is 2.14. The fraction of sp³-hybridized carbons (Fsp3) is 0.125. The van der Waals surface area contributed by atoms with E-state index < -0.39 is 18.1 Å². The zero-order chi connectivity index (χ0) is 18.7. The molecule has 26 heavy (non-hydrogen) atoms. The summed E-state index contributed by atoms with van der Waals surface area (Å²) in [5.41, 5.74) is 0.951. The van der Waals surface area contributed by atoms with E-state index in [1.165, 1.54) is 35.6 Å². The van der Waals surface area contributed by atoms with Crippen LogP contribution in [0.2, 0.25) is 0 Å². The van der Waals surface area contributed by atoms with Crippen molar-refractivity contribution in [1.82, 2.24) is 15.2 Å². The molecule has 0 fully saturated rings. The Balaban J connectivity index is 1.77. The molecule has 1 aromatic carbocycles. The van der Waals surface area contributed by atoms with Crippen LogP contribution in [0, 0.1) is 6.92 Å². The smallest absolute Gasteiger partial charge is 0.387 e. The maximum Gasteiger partial charge on any atom is 0.387 e. The molecule has 0 aliphatic carbocycles. The van der Waals surface area contributed by atoms with Crippen LogP contribution in [0.25, 0.3) is 11.3 Å². The first-order valence-corrected chi connectivity index (χ1v) is 8.14. The molecular weight excluding hydrogens is 366 g/mol. The number of nitrogens with zero attached hydrogens (tertiary/aromatic N) is 2. The van der Waals surface area contributed by atoms with Crippen LogP contribution < -0.4 is 15.6 Å². The van der Waals surface area contributed by atoms with E-state index in [9.17, 15) is 18.4 Å². The number of H-pyrrole nitrogens is 1. The Morgan fingerprint density at radius 3 is 2.58 bits per heavy atom. The summed E-state index contributed by atoms with van der Waals surface area (Å²) >= 11 is 1.26. The topological polar surface area (TPSA) is 97.0 Å². The average Bonchev–Trinajstić information content (AvgIpc) is 2.96. The third-order valence-corrected chi connectivity index (χ3v) is 4.17. The van der Waals surface area contributed by atoms with Crippen LogP contribution in [0.3, 0.4) is 0 Å². The zero-order valence-electron chi connectivity index (χ0n) is 13.3. The van der Waals surface area contributed by atoms with Gasteiger partial charge in [0.25, 0.3) is 11.5 Å². The van der Waals surface area contributed by atoms with E-state index in [2.05, 4.69) is 25.2 Å². The molecule has 0 spiro atoms. The highest BCUT2D eigenvalue weighted by atomic mass is 32.1. The number of alkyl halides is 2. The lowest BCUT2D eigenvalue weighted by Crippen LogP contribution is -2.17. The summed E-state index contributed by atoms with van der Waals surface area (Å²) in [5.74, 6) is -0.462. The SMILES string of the molecule is Cc1sc(NC(=O)c2ccc(=O)[nH]n2)nc1-c1ccc(OC(F)F)cc1. The number of nitrogens with one attached hydrogen (secondary N) is 2. The van der Waals surface area contributed by atoms with E-state index in [-0.39, 0.29) is 11.4 Å².